The fourth-order valence-electron chi connectivity index (χ4n) is 2.55. The maximum absolute atomic E-state index is 12.5. The van der Waals surface area contributed by atoms with Gasteiger partial charge in [0.2, 0.25) is 0 Å². The van der Waals surface area contributed by atoms with Crippen molar-refractivity contribution in [3.05, 3.63) is 29.3 Å². The van der Waals surface area contributed by atoms with Crippen molar-refractivity contribution in [2.75, 3.05) is 32.9 Å². The second kappa shape index (κ2) is 6.16. The molecule has 0 aliphatic carbocycles. The molecule has 21 heavy (non-hydrogen) atoms. The van der Waals surface area contributed by atoms with Crippen molar-refractivity contribution < 1.29 is 9.59 Å². The van der Waals surface area contributed by atoms with Crippen molar-refractivity contribution in [3.63, 3.8) is 0 Å². The molecule has 114 valence electrons. The summed E-state index contributed by atoms with van der Waals surface area (Å²) in [5.41, 5.74) is 7.23. The minimum absolute atomic E-state index is 0.0398. The molecule has 2 N–H and O–H groups in total. The van der Waals surface area contributed by atoms with Gasteiger partial charge >= 0.3 is 0 Å². The van der Waals surface area contributed by atoms with Crippen LogP contribution in [0.1, 0.15) is 40.5 Å². The van der Waals surface area contributed by atoms with E-state index < -0.39 is 0 Å². The Morgan fingerprint density at radius 1 is 1.14 bits per heavy atom. The highest BCUT2D eigenvalue weighted by Gasteiger charge is 2.22. The van der Waals surface area contributed by atoms with Crippen LogP contribution in [-0.4, -0.2) is 48.8 Å². The molecule has 1 aromatic carbocycles. The molecule has 1 aromatic rings. The van der Waals surface area contributed by atoms with E-state index in [2.05, 4.69) is 6.92 Å². The number of hydrogen-bond donors (Lipinski definition) is 1. The molecule has 1 aliphatic heterocycles. The normalized spacial score (nSPS) is 15.9. The Morgan fingerprint density at radius 3 is 2.29 bits per heavy atom. The van der Waals surface area contributed by atoms with E-state index in [1.807, 2.05) is 4.90 Å². The molecule has 0 aromatic heterocycles. The molecule has 0 spiro atoms. The average molecular weight is 289 g/mol. The van der Waals surface area contributed by atoms with Crippen LogP contribution in [0.5, 0.6) is 0 Å². The quantitative estimate of drug-likeness (QED) is 0.845. The first-order valence-electron chi connectivity index (χ1n) is 7.30. The number of nitrogen functional groups attached to an aromatic ring is 1. The topological polar surface area (TPSA) is 66.6 Å². The Labute approximate surface area is 125 Å². The number of carbonyl (C=O) groups excluding carboxylic acids is 2. The standard InChI is InChI=1S/C16H23N3O2/c1-11-4-6-19(7-5-11)16(21)13-8-12(9-14(17)10-13)15(20)18(2)3/h8-11H,4-7,17H2,1-3H3. The Morgan fingerprint density at radius 2 is 1.71 bits per heavy atom. The number of hydrogen-bond acceptors (Lipinski definition) is 3. The molecule has 5 heteroatoms. The Hall–Kier alpha value is -2.04. The Balaban J connectivity index is 2.23. The van der Waals surface area contributed by atoms with Crippen LogP contribution in [-0.2, 0) is 0 Å². The van der Waals surface area contributed by atoms with Gasteiger partial charge in [-0.25, -0.2) is 0 Å². The molecule has 1 heterocycles. The number of likely N-dealkylation sites (tertiary alicyclic amines) is 1. The first-order valence-corrected chi connectivity index (χ1v) is 7.30. The van der Waals surface area contributed by atoms with Crippen molar-refractivity contribution in [1.29, 1.82) is 0 Å². The van der Waals surface area contributed by atoms with Gasteiger partial charge in [-0.3, -0.25) is 9.59 Å². The molecule has 0 saturated carbocycles. The third-order valence-electron chi connectivity index (χ3n) is 3.93. The monoisotopic (exact) mass is 289 g/mol. The van der Waals surface area contributed by atoms with Crippen molar-refractivity contribution >= 4 is 17.5 Å². The molecule has 1 saturated heterocycles. The summed E-state index contributed by atoms with van der Waals surface area (Å²) in [6, 6.07) is 4.89. The lowest BCUT2D eigenvalue weighted by atomic mass is 9.98. The van der Waals surface area contributed by atoms with Gasteiger partial charge in [0.15, 0.2) is 0 Å². The SMILES string of the molecule is CC1CCN(C(=O)c2cc(N)cc(C(=O)N(C)C)c2)CC1. The van der Waals surface area contributed by atoms with Crippen LogP contribution < -0.4 is 5.73 Å². The van der Waals surface area contributed by atoms with Crippen molar-refractivity contribution in [1.82, 2.24) is 9.80 Å². The van der Waals surface area contributed by atoms with E-state index in [9.17, 15) is 9.59 Å². The lowest BCUT2D eigenvalue weighted by molar-refractivity contribution is 0.0697. The predicted molar refractivity (Wildman–Crippen MR) is 83.2 cm³/mol. The van der Waals surface area contributed by atoms with Crippen molar-refractivity contribution in [2.45, 2.75) is 19.8 Å². The molecular formula is C16H23N3O2. The zero-order valence-corrected chi connectivity index (χ0v) is 12.9. The molecular weight excluding hydrogens is 266 g/mol. The number of amides is 2. The minimum Gasteiger partial charge on any atom is -0.399 e. The second-order valence-electron chi connectivity index (χ2n) is 6.02. The fourth-order valence-corrected chi connectivity index (χ4v) is 2.55. The number of nitrogens with two attached hydrogens (primary N) is 1. The smallest absolute Gasteiger partial charge is 0.253 e. The molecule has 0 radical (unpaired) electrons. The maximum Gasteiger partial charge on any atom is 0.253 e. The number of rotatable bonds is 2. The highest BCUT2D eigenvalue weighted by atomic mass is 16.2. The van der Waals surface area contributed by atoms with Crippen LogP contribution in [0.2, 0.25) is 0 Å². The van der Waals surface area contributed by atoms with E-state index in [0.717, 1.165) is 25.9 Å². The zero-order chi connectivity index (χ0) is 15.6. The second-order valence-corrected chi connectivity index (χ2v) is 6.02. The van der Waals surface area contributed by atoms with Gasteiger partial charge in [-0.15, -0.1) is 0 Å². The Kier molecular flexibility index (Phi) is 4.50. The lowest BCUT2D eigenvalue weighted by Crippen LogP contribution is -2.38. The molecule has 0 unspecified atom stereocenters. The number of carbonyl (C=O) groups is 2. The summed E-state index contributed by atoms with van der Waals surface area (Å²) in [6.07, 6.45) is 2.05. The summed E-state index contributed by atoms with van der Waals surface area (Å²) in [4.78, 5) is 27.9. The summed E-state index contributed by atoms with van der Waals surface area (Å²) in [5, 5.41) is 0. The molecule has 2 amide bonds. The van der Waals surface area contributed by atoms with Crippen LogP contribution in [0.4, 0.5) is 5.69 Å². The van der Waals surface area contributed by atoms with E-state index in [1.54, 1.807) is 32.3 Å². The van der Waals surface area contributed by atoms with E-state index >= 15 is 0 Å². The molecule has 0 bridgehead atoms. The van der Waals surface area contributed by atoms with Gasteiger partial charge in [0.25, 0.3) is 11.8 Å². The summed E-state index contributed by atoms with van der Waals surface area (Å²) in [7, 11) is 3.36. The zero-order valence-electron chi connectivity index (χ0n) is 12.9. The van der Waals surface area contributed by atoms with E-state index in [4.69, 9.17) is 5.73 Å². The van der Waals surface area contributed by atoms with Crippen LogP contribution in [0.25, 0.3) is 0 Å². The summed E-state index contributed by atoms with van der Waals surface area (Å²) in [5.74, 6) is 0.478. The van der Waals surface area contributed by atoms with Crippen LogP contribution in [0.3, 0.4) is 0 Å². The first kappa shape index (κ1) is 15.4. The van der Waals surface area contributed by atoms with E-state index in [1.165, 1.54) is 4.90 Å². The number of piperidine rings is 1. The number of anilines is 1. The third-order valence-corrected chi connectivity index (χ3v) is 3.93. The molecule has 1 fully saturated rings. The maximum atomic E-state index is 12.5. The van der Waals surface area contributed by atoms with E-state index in [0.29, 0.717) is 22.7 Å². The lowest BCUT2D eigenvalue weighted by Gasteiger charge is -2.30. The number of benzene rings is 1. The predicted octanol–water partition coefficient (Wildman–Crippen LogP) is 1.84. The summed E-state index contributed by atoms with van der Waals surface area (Å²) in [6.45, 7) is 3.74. The van der Waals surface area contributed by atoms with Gasteiger partial charge in [-0.2, -0.15) is 0 Å². The average Bonchev–Trinajstić information content (AvgIpc) is 2.45. The van der Waals surface area contributed by atoms with Crippen molar-refractivity contribution in [2.24, 2.45) is 5.92 Å². The summed E-state index contributed by atoms with van der Waals surface area (Å²) >= 11 is 0. The van der Waals surface area contributed by atoms with Gasteiger partial charge in [0.05, 0.1) is 0 Å². The van der Waals surface area contributed by atoms with Crippen LogP contribution in [0, 0.1) is 5.92 Å². The van der Waals surface area contributed by atoms with Crippen LogP contribution >= 0.6 is 0 Å². The van der Waals surface area contributed by atoms with E-state index in [-0.39, 0.29) is 11.8 Å². The van der Waals surface area contributed by atoms with Gasteiger partial charge in [-0.1, -0.05) is 6.92 Å². The highest BCUT2D eigenvalue weighted by Crippen LogP contribution is 2.20. The minimum atomic E-state index is -0.149. The molecule has 1 aliphatic rings. The van der Waals surface area contributed by atoms with Gasteiger partial charge in [0.1, 0.15) is 0 Å². The largest absolute Gasteiger partial charge is 0.399 e. The van der Waals surface area contributed by atoms with Gasteiger partial charge in [0, 0.05) is 44.0 Å². The molecule has 0 atom stereocenters. The third kappa shape index (κ3) is 3.54. The first-order chi connectivity index (χ1) is 9.88. The molecule has 5 nitrogen and oxygen atoms in total. The van der Waals surface area contributed by atoms with Crippen molar-refractivity contribution in [3.8, 4) is 0 Å². The fraction of sp³-hybridized carbons (Fsp3) is 0.500. The van der Waals surface area contributed by atoms with Gasteiger partial charge in [-0.05, 0) is 37.0 Å². The van der Waals surface area contributed by atoms with Crippen LogP contribution in [0.15, 0.2) is 18.2 Å². The summed E-state index contributed by atoms with van der Waals surface area (Å²) < 4.78 is 0. The number of nitrogens with zero attached hydrogens (tertiary/aromatic N) is 2. The molecule has 2 rings (SSSR count). The Bertz CT molecular complexity index is 546. The highest BCUT2D eigenvalue weighted by molar-refractivity contribution is 6.00. The van der Waals surface area contributed by atoms with Gasteiger partial charge < -0.3 is 15.5 Å².